The van der Waals surface area contributed by atoms with Crippen LogP contribution in [0.15, 0.2) is 24.3 Å². The average molecular weight is 304 g/mol. The van der Waals surface area contributed by atoms with Crippen molar-refractivity contribution in [3.05, 3.63) is 29.8 Å². The number of rotatable bonds is 5. The van der Waals surface area contributed by atoms with Crippen molar-refractivity contribution < 1.29 is 14.3 Å². The van der Waals surface area contributed by atoms with Gasteiger partial charge in [0.2, 0.25) is 5.91 Å². The second-order valence-corrected chi connectivity index (χ2v) is 5.67. The first kappa shape index (κ1) is 16.3. The number of amides is 2. The summed E-state index contributed by atoms with van der Waals surface area (Å²) in [6, 6.07) is 7.06. The number of hydrogen-bond donors (Lipinski definition) is 2. The van der Waals surface area contributed by atoms with Gasteiger partial charge >= 0.3 is 0 Å². The van der Waals surface area contributed by atoms with E-state index in [1.54, 1.807) is 31.4 Å². The van der Waals surface area contributed by atoms with E-state index in [0.29, 0.717) is 11.3 Å². The van der Waals surface area contributed by atoms with Gasteiger partial charge in [0.05, 0.1) is 13.7 Å². The molecule has 2 amide bonds. The van der Waals surface area contributed by atoms with Gasteiger partial charge in [0.1, 0.15) is 5.75 Å². The minimum Gasteiger partial charge on any atom is -0.497 e. The molecule has 1 saturated carbocycles. The number of nitrogens with one attached hydrogen (secondary N) is 2. The summed E-state index contributed by atoms with van der Waals surface area (Å²) >= 11 is 0. The quantitative estimate of drug-likeness (QED) is 0.820. The minimum absolute atomic E-state index is 0.0152. The van der Waals surface area contributed by atoms with Gasteiger partial charge in [-0.1, -0.05) is 25.7 Å². The summed E-state index contributed by atoms with van der Waals surface area (Å²) in [5.41, 5.74) is 0.517. The third-order valence-corrected chi connectivity index (χ3v) is 3.98. The molecule has 5 heteroatoms. The molecule has 1 aliphatic carbocycles. The monoisotopic (exact) mass is 304 g/mol. The van der Waals surface area contributed by atoms with Gasteiger partial charge in [0.25, 0.3) is 5.91 Å². The maximum Gasteiger partial charge on any atom is 0.251 e. The minimum atomic E-state index is -0.251. The molecule has 0 saturated heterocycles. The van der Waals surface area contributed by atoms with E-state index >= 15 is 0 Å². The maximum absolute atomic E-state index is 12.0. The van der Waals surface area contributed by atoms with Gasteiger partial charge in [-0.25, -0.2) is 0 Å². The molecule has 1 fully saturated rings. The molecule has 22 heavy (non-hydrogen) atoms. The Balaban J connectivity index is 1.75. The van der Waals surface area contributed by atoms with Gasteiger partial charge < -0.3 is 15.4 Å². The number of carbonyl (C=O) groups is 2. The summed E-state index contributed by atoms with van der Waals surface area (Å²) in [5, 5.41) is 5.66. The lowest BCUT2D eigenvalue weighted by atomic mass is 10.1. The second kappa shape index (κ2) is 8.41. The summed E-state index contributed by atoms with van der Waals surface area (Å²) in [7, 11) is 1.58. The van der Waals surface area contributed by atoms with Gasteiger partial charge in [0.15, 0.2) is 0 Å². The van der Waals surface area contributed by atoms with Gasteiger partial charge in [-0.05, 0) is 37.1 Å². The van der Waals surface area contributed by atoms with E-state index in [4.69, 9.17) is 4.74 Å². The first-order valence-electron chi connectivity index (χ1n) is 7.90. The normalized spacial score (nSPS) is 15.7. The van der Waals surface area contributed by atoms with Crippen LogP contribution in [0.5, 0.6) is 5.75 Å². The lowest BCUT2D eigenvalue weighted by molar-refractivity contribution is -0.120. The van der Waals surface area contributed by atoms with E-state index in [-0.39, 0.29) is 24.4 Å². The van der Waals surface area contributed by atoms with Crippen LogP contribution in [0, 0.1) is 0 Å². The molecular weight excluding hydrogens is 280 g/mol. The molecule has 0 atom stereocenters. The summed E-state index contributed by atoms with van der Waals surface area (Å²) in [4.78, 5) is 23.9. The first-order chi connectivity index (χ1) is 10.7. The zero-order valence-electron chi connectivity index (χ0n) is 13.1. The van der Waals surface area contributed by atoms with Crippen molar-refractivity contribution >= 4 is 11.8 Å². The fourth-order valence-electron chi connectivity index (χ4n) is 2.71. The van der Waals surface area contributed by atoms with E-state index in [9.17, 15) is 9.59 Å². The van der Waals surface area contributed by atoms with Gasteiger partial charge in [0, 0.05) is 11.6 Å². The SMILES string of the molecule is COc1ccc(C(=O)NCC(=O)NC2CCCCCC2)cc1. The van der Waals surface area contributed by atoms with Crippen molar-refractivity contribution in [2.24, 2.45) is 0 Å². The first-order valence-corrected chi connectivity index (χ1v) is 7.90. The highest BCUT2D eigenvalue weighted by Gasteiger charge is 2.15. The van der Waals surface area contributed by atoms with Crippen LogP contribution in [-0.4, -0.2) is 31.5 Å². The van der Waals surface area contributed by atoms with E-state index in [1.165, 1.54) is 25.7 Å². The van der Waals surface area contributed by atoms with Crippen molar-refractivity contribution in [1.82, 2.24) is 10.6 Å². The largest absolute Gasteiger partial charge is 0.497 e. The lowest BCUT2D eigenvalue weighted by Gasteiger charge is -2.16. The Bertz CT molecular complexity index is 491. The van der Waals surface area contributed by atoms with Crippen LogP contribution in [-0.2, 0) is 4.79 Å². The number of benzene rings is 1. The van der Waals surface area contributed by atoms with Crippen molar-refractivity contribution in [2.45, 2.75) is 44.6 Å². The highest BCUT2D eigenvalue weighted by molar-refractivity contribution is 5.96. The smallest absolute Gasteiger partial charge is 0.251 e. The summed E-state index contributed by atoms with van der Waals surface area (Å²) in [6.45, 7) is 0.0152. The summed E-state index contributed by atoms with van der Waals surface area (Å²) in [5.74, 6) is 0.329. The molecule has 0 aromatic heterocycles. The maximum atomic E-state index is 12.0. The van der Waals surface area contributed by atoms with Crippen LogP contribution in [0.3, 0.4) is 0 Å². The second-order valence-electron chi connectivity index (χ2n) is 5.67. The number of carbonyl (C=O) groups excluding carboxylic acids is 2. The summed E-state index contributed by atoms with van der Waals surface area (Å²) in [6.07, 6.45) is 6.92. The third-order valence-electron chi connectivity index (χ3n) is 3.98. The number of hydrogen-bond acceptors (Lipinski definition) is 3. The van der Waals surface area contributed by atoms with Crippen molar-refractivity contribution in [3.63, 3.8) is 0 Å². The Kier molecular flexibility index (Phi) is 6.25. The molecule has 0 aliphatic heterocycles. The topological polar surface area (TPSA) is 67.4 Å². The lowest BCUT2D eigenvalue weighted by Crippen LogP contribution is -2.41. The molecule has 1 aromatic carbocycles. The van der Waals surface area contributed by atoms with Crippen LogP contribution in [0.2, 0.25) is 0 Å². The molecule has 0 bridgehead atoms. The van der Waals surface area contributed by atoms with Crippen LogP contribution in [0.1, 0.15) is 48.9 Å². The molecule has 0 radical (unpaired) electrons. The molecule has 1 aliphatic rings. The van der Waals surface area contributed by atoms with E-state index in [2.05, 4.69) is 10.6 Å². The number of ether oxygens (including phenoxy) is 1. The Morgan fingerprint density at radius 3 is 2.32 bits per heavy atom. The van der Waals surface area contributed by atoms with Gasteiger partial charge in [-0.2, -0.15) is 0 Å². The van der Waals surface area contributed by atoms with Crippen molar-refractivity contribution in [1.29, 1.82) is 0 Å². The zero-order valence-corrected chi connectivity index (χ0v) is 13.1. The summed E-state index contributed by atoms with van der Waals surface area (Å²) < 4.78 is 5.05. The van der Waals surface area contributed by atoms with E-state index in [0.717, 1.165) is 12.8 Å². The van der Waals surface area contributed by atoms with E-state index < -0.39 is 0 Å². The predicted molar refractivity (Wildman–Crippen MR) is 85.0 cm³/mol. The zero-order chi connectivity index (χ0) is 15.8. The molecule has 2 N–H and O–H groups in total. The average Bonchev–Trinajstić information content (AvgIpc) is 2.81. The van der Waals surface area contributed by atoms with Gasteiger partial charge in [-0.15, -0.1) is 0 Å². The molecule has 1 aromatic rings. The van der Waals surface area contributed by atoms with Crippen molar-refractivity contribution in [2.75, 3.05) is 13.7 Å². The van der Waals surface area contributed by atoms with E-state index in [1.807, 2.05) is 0 Å². The van der Waals surface area contributed by atoms with Crippen LogP contribution in [0.4, 0.5) is 0 Å². The fraction of sp³-hybridized carbons (Fsp3) is 0.529. The Morgan fingerprint density at radius 2 is 1.73 bits per heavy atom. The Morgan fingerprint density at radius 1 is 1.09 bits per heavy atom. The Hall–Kier alpha value is -2.04. The van der Waals surface area contributed by atoms with Gasteiger partial charge in [-0.3, -0.25) is 9.59 Å². The molecular formula is C17H24N2O3. The fourth-order valence-corrected chi connectivity index (χ4v) is 2.71. The predicted octanol–water partition coefficient (Wildman–Crippen LogP) is 2.26. The molecule has 0 spiro atoms. The number of methoxy groups -OCH3 is 1. The highest BCUT2D eigenvalue weighted by atomic mass is 16.5. The molecule has 2 rings (SSSR count). The van der Waals surface area contributed by atoms with Crippen LogP contribution in [0.25, 0.3) is 0 Å². The van der Waals surface area contributed by atoms with Crippen molar-refractivity contribution in [3.8, 4) is 5.75 Å². The third kappa shape index (κ3) is 5.06. The molecule has 120 valence electrons. The molecule has 0 unspecified atom stereocenters. The van der Waals surface area contributed by atoms with Crippen LogP contribution >= 0.6 is 0 Å². The molecule has 0 heterocycles. The standard InChI is InChI=1S/C17H24N2O3/c1-22-15-10-8-13(9-11-15)17(21)18-12-16(20)19-14-6-4-2-3-5-7-14/h8-11,14H,2-7,12H2,1H3,(H,18,21)(H,19,20). The molecule has 5 nitrogen and oxygen atoms in total. The Labute approximate surface area is 131 Å². The highest BCUT2D eigenvalue weighted by Crippen LogP contribution is 2.17. The van der Waals surface area contributed by atoms with Crippen LogP contribution < -0.4 is 15.4 Å².